The molecule has 0 unspecified atom stereocenters. The minimum absolute atomic E-state index is 0.152. The summed E-state index contributed by atoms with van der Waals surface area (Å²) in [6.07, 6.45) is 0. The standard InChI is InChI=1S/C13H30N2O7S2Si2/c1-17-7-14(8-18-2)13(16)15(9-23-11-25(19-3)20-4)10-24-12-26(21-5)22-6/h7-12H2,1-6H3. The van der Waals surface area contributed by atoms with Gasteiger partial charge in [0.25, 0.3) is 0 Å². The SMILES string of the molecule is COCN(COC)C(=O)N(CSC[Si](OC)OC)CSC[Si](OC)OC. The Labute approximate surface area is 168 Å². The molecule has 0 atom stereocenters. The molecule has 0 spiro atoms. The van der Waals surface area contributed by atoms with Crippen LogP contribution < -0.4 is 0 Å². The monoisotopic (exact) mass is 446 g/mol. The second-order valence-electron chi connectivity index (χ2n) is 4.71. The molecule has 2 radical (unpaired) electrons. The van der Waals surface area contributed by atoms with E-state index >= 15 is 0 Å². The minimum atomic E-state index is -1.31. The van der Waals surface area contributed by atoms with Gasteiger partial charge in [0.15, 0.2) is 0 Å². The molecule has 0 aromatic heterocycles. The van der Waals surface area contributed by atoms with Crippen molar-refractivity contribution in [3.8, 4) is 0 Å². The van der Waals surface area contributed by atoms with Gasteiger partial charge in [-0.1, -0.05) is 0 Å². The summed E-state index contributed by atoms with van der Waals surface area (Å²) < 4.78 is 31.3. The number of carbonyl (C=O) groups is 1. The van der Waals surface area contributed by atoms with Crippen molar-refractivity contribution in [1.29, 1.82) is 0 Å². The Morgan fingerprint density at radius 1 is 0.731 bits per heavy atom. The first kappa shape index (κ1) is 26.2. The molecule has 154 valence electrons. The van der Waals surface area contributed by atoms with Crippen LogP contribution in [0, 0.1) is 0 Å². The van der Waals surface area contributed by atoms with E-state index in [1.165, 1.54) is 4.90 Å². The Hall–Kier alpha value is 0.164. The van der Waals surface area contributed by atoms with E-state index in [1.807, 2.05) is 0 Å². The minimum Gasteiger partial charge on any atom is -0.396 e. The molecule has 0 aliphatic heterocycles. The second kappa shape index (κ2) is 17.3. The normalized spacial score (nSPS) is 11.4. The zero-order valence-corrected chi connectivity index (χ0v) is 19.9. The summed E-state index contributed by atoms with van der Waals surface area (Å²) in [6, 6.07) is -0.152. The summed E-state index contributed by atoms with van der Waals surface area (Å²) in [4.78, 5) is 16.0. The molecule has 26 heavy (non-hydrogen) atoms. The summed E-state index contributed by atoms with van der Waals surface area (Å²) in [7, 11) is 7.01. The lowest BCUT2D eigenvalue weighted by Gasteiger charge is -2.29. The van der Waals surface area contributed by atoms with Crippen LogP contribution in [0.3, 0.4) is 0 Å². The van der Waals surface area contributed by atoms with Crippen LogP contribution in [0.1, 0.15) is 0 Å². The average molecular weight is 447 g/mol. The van der Waals surface area contributed by atoms with Gasteiger partial charge in [0.05, 0.1) is 11.8 Å². The number of hydrogen-bond donors (Lipinski definition) is 0. The van der Waals surface area contributed by atoms with Crippen molar-refractivity contribution in [3.05, 3.63) is 0 Å². The van der Waals surface area contributed by atoms with E-state index in [9.17, 15) is 4.79 Å². The first-order chi connectivity index (χ1) is 12.6. The number of hydrogen-bond acceptors (Lipinski definition) is 9. The number of urea groups is 1. The van der Waals surface area contributed by atoms with Crippen molar-refractivity contribution in [2.75, 3.05) is 78.6 Å². The third-order valence-corrected chi connectivity index (χ3v) is 9.28. The molecule has 0 fully saturated rings. The maximum absolute atomic E-state index is 12.8. The molecule has 0 aliphatic rings. The van der Waals surface area contributed by atoms with Crippen LogP contribution in [0.2, 0.25) is 0 Å². The van der Waals surface area contributed by atoms with Gasteiger partial charge in [0, 0.05) is 53.4 Å². The Morgan fingerprint density at radius 3 is 1.42 bits per heavy atom. The van der Waals surface area contributed by atoms with Gasteiger partial charge in [-0.25, -0.2) is 4.79 Å². The predicted octanol–water partition coefficient (Wildman–Crippen LogP) is 0.940. The summed E-state index contributed by atoms with van der Waals surface area (Å²) in [5.74, 6) is 1.03. The molecule has 0 bridgehead atoms. The molecule has 0 saturated carbocycles. The Kier molecular flexibility index (Phi) is 17.4. The van der Waals surface area contributed by atoms with E-state index in [1.54, 1.807) is 71.1 Å². The highest BCUT2D eigenvalue weighted by Crippen LogP contribution is 2.14. The van der Waals surface area contributed by atoms with Crippen LogP contribution in [0.15, 0.2) is 0 Å². The first-order valence-electron chi connectivity index (χ1n) is 7.62. The molecule has 0 aromatic carbocycles. The maximum atomic E-state index is 12.8. The van der Waals surface area contributed by atoms with Crippen molar-refractivity contribution in [3.63, 3.8) is 0 Å². The van der Waals surface area contributed by atoms with Crippen molar-refractivity contribution < 1.29 is 32.0 Å². The molecule has 0 heterocycles. The lowest BCUT2D eigenvalue weighted by Crippen LogP contribution is -2.45. The zero-order chi connectivity index (χ0) is 19.8. The van der Waals surface area contributed by atoms with E-state index in [2.05, 4.69) is 0 Å². The third kappa shape index (κ3) is 11.1. The van der Waals surface area contributed by atoms with E-state index in [4.69, 9.17) is 27.2 Å². The van der Waals surface area contributed by atoms with Gasteiger partial charge in [-0.3, -0.25) is 4.90 Å². The van der Waals surface area contributed by atoms with Gasteiger partial charge in [0.2, 0.25) is 0 Å². The average Bonchev–Trinajstić information content (AvgIpc) is 2.66. The molecule has 9 nitrogen and oxygen atoms in total. The quantitative estimate of drug-likeness (QED) is 0.254. The Morgan fingerprint density at radius 2 is 1.12 bits per heavy atom. The fraction of sp³-hybridized carbons (Fsp3) is 0.923. The van der Waals surface area contributed by atoms with Crippen molar-refractivity contribution in [1.82, 2.24) is 9.80 Å². The maximum Gasteiger partial charge on any atom is 0.394 e. The van der Waals surface area contributed by atoms with E-state index in [0.717, 1.165) is 0 Å². The van der Waals surface area contributed by atoms with Gasteiger partial charge in [-0.15, -0.1) is 23.5 Å². The number of ether oxygens (including phenoxy) is 2. The summed E-state index contributed by atoms with van der Waals surface area (Å²) in [5.41, 5.74) is 0. The van der Waals surface area contributed by atoms with Crippen LogP contribution in [-0.2, 0) is 27.2 Å². The van der Waals surface area contributed by atoms with Gasteiger partial charge >= 0.3 is 24.6 Å². The van der Waals surface area contributed by atoms with Crippen molar-refractivity contribution >= 4 is 48.1 Å². The fourth-order valence-electron chi connectivity index (χ4n) is 1.69. The van der Waals surface area contributed by atoms with Crippen molar-refractivity contribution in [2.45, 2.75) is 0 Å². The van der Waals surface area contributed by atoms with Crippen LogP contribution in [0.25, 0.3) is 0 Å². The predicted molar refractivity (Wildman–Crippen MR) is 107 cm³/mol. The van der Waals surface area contributed by atoms with Gasteiger partial charge in [-0.2, -0.15) is 0 Å². The topological polar surface area (TPSA) is 78.9 Å². The molecule has 13 heteroatoms. The number of thioether (sulfide) groups is 2. The number of amides is 2. The summed E-state index contributed by atoms with van der Waals surface area (Å²) in [6.45, 7) is 0.323. The second-order valence-corrected chi connectivity index (χ2v) is 11.5. The smallest absolute Gasteiger partial charge is 0.394 e. The number of methoxy groups -OCH3 is 2. The molecule has 0 N–H and O–H groups in total. The fourth-order valence-corrected chi connectivity index (χ4v) is 6.93. The van der Waals surface area contributed by atoms with Gasteiger partial charge < -0.3 is 32.1 Å². The molecular formula is C13H30N2O7S2Si2. The van der Waals surface area contributed by atoms with E-state index < -0.39 is 18.6 Å². The van der Waals surface area contributed by atoms with Crippen LogP contribution in [0.4, 0.5) is 4.79 Å². The zero-order valence-electron chi connectivity index (χ0n) is 16.3. The highest BCUT2D eigenvalue weighted by atomic mass is 32.2. The Balaban J connectivity index is 4.75. The van der Waals surface area contributed by atoms with Crippen LogP contribution >= 0.6 is 23.5 Å². The highest BCUT2D eigenvalue weighted by molar-refractivity contribution is 8.01. The largest absolute Gasteiger partial charge is 0.396 e. The van der Waals surface area contributed by atoms with Crippen LogP contribution in [-0.4, -0.2) is 113 Å². The first-order valence-corrected chi connectivity index (χ1v) is 13.0. The Bertz CT molecular complexity index is 332. The molecular weight excluding hydrogens is 416 g/mol. The number of rotatable bonds is 16. The molecule has 0 aromatic rings. The molecule has 0 saturated heterocycles. The van der Waals surface area contributed by atoms with Gasteiger partial charge in [0.1, 0.15) is 13.5 Å². The van der Waals surface area contributed by atoms with Crippen LogP contribution in [0.5, 0.6) is 0 Å². The lowest BCUT2D eigenvalue weighted by atomic mass is 10.7. The summed E-state index contributed by atoms with van der Waals surface area (Å²) >= 11 is 3.19. The molecule has 0 rings (SSSR count). The van der Waals surface area contributed by atoms with E-state index in [0.29, 0.717) is 22.5 Å². The lowest BCUT2D eigenvalue weighted by molar-refractivity contribution is 0.00457. The van der Waals surface area contributed by atoms with Gasteiger partial charge in [-0.05, 0) is 0 Å². The number of nitrogens with zero attached hydrogens (tertiary/aromatic N) is 2. The molecule has 2 amide bonds. The molecule has 0 aliphatic carbocycles. The van der Waals surface area contributed by atoms with E-state index in [-0.39, 0.29) is 19.5 Å². The highest BCUT2D eigenvalue weighted by Gasteiger charge is 2.23. The summed E-state index contributed by atoms with van der Waals surface area (Å²) in [5, 5.41) is 1.43. The third-order valence-electron chi connectivity index (χ3n) is 2.96. The van der Waals surface area contributed by atoms with Crippen molar-refractivity contribution in [2.24, 2.45) is 0 Å². The number of carbonyl (C=O) groups excluding carboxylic acids is 1.